The average molecular weight is 237 g/mol. The molecule has 0 amide bonds. The Morgan fingerprint density at radius 2 is 2.06 bits per heavy atom. The van der Waals surface area contributed by atoms with Crippen LogP contribution in [0.1, 0.15) is 24.8 Å². The van der Waals surface area contributed by atoms with Gasteiger partial charge in [-0.1, -0.05) is 6.07 Å². The van der Waals surface area contributed by atoms with E-state index >= 15 is 0 Å². The summed E-state index contributed by atoms with van der Waals surface area (Å²) in [5, 5.41) is 0. The van der Waals surface area contributed by atoms with Gasteiger partial charge in [0.1, 0.15) is 0 Å². The minimum absolute atomic E-state index is 0.258. The lowest BCUT2D eigenvalue weighted by Crippen LogP contribution is -2.20. The van der Waals surface area contributed by atoms with Crippen molar-refractivity contribution in [2.45, 2.75) is 25.7 Å². The Hall–Kier alpha value is -1.09. The monoisotopic (exact) mass is 237 g/mol. The largest absolute Gasteiger partial charge is 0.494 e. The van der Waals surface area contributed by atoms with Gasteiger partial charge in [0.05, 0.1) is 7.11 Å². The molecule has 0 unspecified atom stereocenters. The second-order valence-corrected chi connectivity index (χ2v) is 4.62. The first kappa shape index (κ1) is 12.4. The van der Waals surface area contributed by atoms with E-state index in [9.17, 15) is 4.39 Å². The van der Waals surface area contributed by atoms with E-state index in [0.29, 0.717) is 5.75 Å². The van der Waals surface area contributed by atoms with E-state index in [1.54, 1.807) is 12.1 Å². The Balaban J connectivity index is 1.80. The molecular formula is C14H20FNO. The van der Waals surface area contributed by atoms with Crippen molar-refractivity contribution in [2.75, 3.05) is 26.7 Å². The summed E-state index contributed by atoms with van der Waals surface area (Å²) in [6, 6.07) is 5.25. The van der Waals surface area contributed by atoms with Gasteiger partial charge in [-0.3, -0.25) is 0 Å². The van der Waals surface area contributed by atoms with Crippen LogP contribution in [-0.2, 0) is 6.42 Å². The summed E-state index contributed by atoms with van der Waals surface area (Å²) in [5.41, 5.74) is 1.06. The molecule has 94 valence electrons. The lowest BCUT2D eigenvalue weighted by molar-refractivity contribution is 0.334. The molecule has 2 rings (SSSR count). The third kappa shape index (κ3) is 3.43. The Morgan fingerprint density at radius 3 is 2.71 bits per heavy atom. The highest BCUT2D eigenvalue weighted by molar-refractivity contribution is 5.29. The summed E-state index contributed by atoms with van der Waals surface area (Å²) in [6.07, 6.45) is 4.71. The Labute approximate surface area is 102 Å². The van der Waals surface area contributed by atoms with Crippen molar-refractivity contribution in [3.8, 4) is 5.75 Å². The van der Waals surface area contributed by atoms with E-state index in [2.05, 4.69) is 4.90 Å². The highest BCUT2D eigenvalue weighted by atomic mass is 19.1. The number of likely N-dealkylation sites (tertiary alicyclic amines) is 1. The number of methoxy groups -OCH3 is 1. The Kier molecular flexibility index (Phi) is 4.37. The average Bonchev–Trinajstić information content (AvgIpc) is 2.82. The van der Waals surface area contributed by atoms with Crippen LogP contribution in [0.25, 0.3) is 0 Å². The number of nitrogens with zero attached hydrogens (tertiary/aromatic N) is 1. The van der Waals surface area contributed by atoms with Crippen molar-refractivity contribution >= 4 is 0 Å². The minimum Gasteiger partial charge on any atom is -0.494 e. The van der Waals surface area contributed by atoms with Crippen LogP contribution in [0.3, 0.4) is 0 Å². The molecule has 1 fully saturated rings. The van der Waals surface area contributed by atoms with Crippen molar-refractivity contribution in [1.29, 1.82) is 0 Å². The highest BCUT2D eigenvalue weighted by Gasteiger charge is 2.10. The molecular weight excluding hydrogens is 217 g/mol. The number of rotatable bonds is 5. The van der Waals surface area contributed by atoms with Gasteiger partial charge in [0, 0.05) is 0 Å². The molecule has 1 heterocycles. The molecule has 1 aromatic rings. The predicted molar refractivity (Wildman–Crippen MR) is 66.9 cm³/mol. The molecule has 3 heteroatoms. The number of hydrogen-bond donors (Lipinski definition) is 0. The third-order valence-corrected chi connectivity index (χ3v) is 3.35. The lowest BCUT2D eigenvalue weighted by atomic mass is 10.1. The maximum atomic E-state index is 13.4. The van der Waals surface area contributed by atoms with Crippen molar-refractivity contribution in [3.05, 3.63) is 29.6 Å². The summed E-state index contributed by atoms with van der Waals surface area (Å²) in [7, 11) is 1.49. The van der Waals surface area contributed by atoms with E-state index in [4.69, 9.17) is 4.74 Å². The molecule has 1 aliphatic heterocycles. The summed E-state index contributed by atoms with van der Waals surface area (Å²) >= 11 is 0. The van der Waals surface area contributed by atoms with Crippen molar-refractivity contribution in [2.24, 2.45) is 0 Å². The number of aryl methyl sites for hydroxylation is 1. The fourth-order valence-electron chi connectivity index (χ4n) is 2.38. The van der Waals surface area contributed by atoms with Gasteiger partial charge in [-0.15, -0.1) is 0 Å². The molecule has 1 aliphatic rings. The Morgan fingerprint density at radius 1 is 1.29 bits per heavy atom. The molecule has 1 aromatic carbocycles. The lowest BCUT2D eigenvalue weighted by Gasteiger charge is -2.14. The van der Waals surface area contributed by atoms with Gasteiger partial charge in [0.2, 0.25) is 0 Å². The topological polar surface area (TPSA) is 12.5 Å². The summed E-state index contributed by atoms with van der Waals surface area (Å²) < 4.78 is 18.3. The summed E-state index contributed by atoms with van der Waals surface area (Å²) in [6.45, 7) is 3.60. The normalized spacial score (nSPS) is 16.4. The predicted octanol–water partition coefficient (Wildman–Crippen LogP) is 2.86. The number of ether oxygens (including phenoxy) is 1. The van der Waals surface area contributed by atoms with E-state index in [1.807, 2.05) is 6.07 Å². The molecule has 17 heavy (non-hydrogen) atoms. The van der Waals surface area contributed by atoms with Crippen LogP contribution in [0.2, 0.25) is 0 Å². The van der Waals surface area contributed by atoms with Crippen LogP contribution in [0.5, 0.6) is 5.75 Å². The van der Waals surface area contributed by atoms with Crippen LogP contribution in [0.15, 0.2) is 18.2 Å². The molecule has 0 saturated carbocycles. The molecule has 0 N–H and O–H groups in total. The van der Waals surface area contributed by atoms with Gasteiger partial charge in [0.15, 0.2) is 11.6 Å². The summed E-state index contributed by atoms with van der Waals surface area (Å²) in [4.78, 5) is 2.49. The molecule has 0 bridgehead atoms. The highest BCUT2D eigenvalue weighted by Crippen LogP contribution is 2.18. The zero-order valence-electron chi connectivity index (χ0n) is 10.4. The van der Waals surface area contributed by atoms with Crippen molar-refractivity contribution in [3.63, 3.8) is 0 Å². The van der Waals surface area contributed by atoms with Crippen molar-refractivity contribution < 1.29 is 9.13 Å². The number of benzene rings is 1. The van der Waals surface area contributed by atoms with E-state index in [0.717, 1.165) is 24.9 Å². The van der Waals surface area contributed by atoms with Crippen LogP contribution in [0, 0.1) is 5.82 Å². The maximum absolute atomic E-state index is 13.4. The minimum atomic E-state index is -0.258. The number of hydrogen-bond acceptors (Lipinski definition) is 2. The van der Waals surface area contributed by atoms with Gasteiger partial charge in [-0.2, -0.15) is 0 Å². The zero-order chi connectivity index (χ0) is 12.1. The van der Waals surface area contributed by atoms with Gasteiger partial charge < -0.3 is 9.64 Å². The standard InChI is InChI=1S/C14H20FNO/c1-17-14-7-6-12(11-13(14)15)5-4-10-16-8-2-3-9-16/h6-7,11H,2-5,8-10H2,1H3. The van der Waals surface area contributed by atoms with Crippen LogP contribution >= 0.6 is 0 Å². The molecule has 0 aromatic heterocycles. The molecule has 1 saturated heterocycles. The quantitative estimate of drug-likeness (QED) is 0.780. The third-order valence-electron chi connectivity index (χ3n) is 3.35. The van der Waals surface area contributed by atoms with Crippen molar-refractivity contribution in [1.82, 2.24) is 4.90 Å². The van der Waals surface area contributed by atoms with Crippen LogP contribution < -0.4 is 4.74 Å². The maximum Gasteiger partial charge on any atom is 0.165 e. The molecule has 2 nitrogen and oxygen atoms in total. The fourth-order valence-corrected chi connectivity index (χ4v) is 2.38. The smallest absolute Gasteiger partial charge is 0.165 e. The first-order valence-corrected chi connectivity index (χ1v) is 6.34. The molecule has 0 atom stereocenters. The second kappa shape index (κ2) is 6.01. The summed E-state index contributed by atoms with van der Waals surface area (Å²) in [5.74, 6) is 0.0689. The number of halogens is 1. The van der Waals surface area contributed by atoms with E-state index in [1.165, 1.54) is 33.0 Å². The molecule has 0 radical (unpaired) electrons. The van der Waals surface area contributed by atoms with Crippen LogP contribution in [0.4, 0.5) is 4.39 Å². The zero-order valence-corrected chi connectivity index (χ0v) is 10.4. The molecule has 0 spiro atoms. The van der Waals surface area contributed by atoms with E-state index < -0.39 is 0 Å². The SMILES string of the molecule is COc1ccc(CCCN2CCCC2)cc1F. The van der Waals surface area contributed by atoms with Gasteiger partial charge in [-0.05, 0) is 63.0 Å². The second-order valence-electron chi connectivity index (χ2n) is 4.62. The van der Waals surface area contributed by atoms with Gasteiger partial charge in [-0.25, -0.2) is 4.39 Å². The van der Waals surface area contributed by atoms with Gasteiger partial charge >= 0.3 is 0 Å². The molecule has 0 aliphatic carbocycles. The van der Waals surface area contributed by atoms with Crippen LogP contribution in [-0.4, -0.2) is 31.6 Å². The fraction of sp³-hybridized carbons (Fsp3) is 0.571. The first-order valence-electron chi connectivity index (χ1n) is 6.34. The van der Waals surface area contributed by atoms with E-state index in [-0.39, 0.29) is 5.82 Å². The van der Waals surface area contributed by atoms with Gasteiger partial charge in [0.25, 0.3) is 0 Å². The first-order chi connectivity index (χ1) is 8.29. The Bertz CT molecular complexity index is 361.